The van der Waals surface area contributed by atoms with Crippen molar-refractivity contribution >= 4 is 23.4 Å². The molecule has 0 spiro atoms. The Morgan fingerprint density at radius 2 is 1.71 bits per heavy atom. The van der Waals surface area contributed by atoms with Gasteiger partial charge in [0.05, 0.1) is 7.11 Å². The number of nitrogens with zero attached hydrogens (tertiary/aromatic N) is 1. The Morgan fingerprint density at radius 1 is 1.06 bits per heavy atom. The fraction of sp³-hybridized carbons (Fsp3) is 0.417. The molecule has 2 aromatic rings. The second-order valence-electron chi connectivity index (χ2n) is 7.87. The van der Waals surface area contributed by atoms with Crippen LogP contribution in [0.4, 0.5) is 0 Å². The summed E-state index contributed by atoms with van der Waals surface area (Å²) in [7, 11) is 1.59. The molecule has 1 N–H and O–H groups in total. The number of carbonyl (C=O) groups excluding carboxylic acids is 2. The van der Waals surface area contributed by atoms with Gasteiger partial charge in [0.2, 0.25) is 5.91 Å². The van der Waals surface area contributed by atoms with E-state index in [1.54, 1.807) is 26.2 Å². The zero-order chi connectivity index (χ0) is 23.1. The van der Waals surface area contributed by atoms with Crippen LogP contribution in [0.15, 0.2) is 36.4 Å². The highest BCUT2D eigenvalue weighted by molar-refractivity contribution is 6.32. The van der Waals surface area contributed by atoms with Crippen LogP contribution in [0, 0.1) is 13.8 Å². The number of carbonyl (C=O) groups is 2. The van der Waals surface area contributed by atoms with E-state index in [1.165, 1.54) is 4.90 Å². The molecule has 0 fully saturated rings. The van der Waals surface area contributed by atoms with Crippen LogP contribution in [0.5, 0.6) is 11.5 Å². The molecule has 0 unspecified atom stereocenters. The Kier molecular flexibility index (Phi) is 8.75. The number of rotatable bonds is 9. The molecule has 31 heavy (non-hydrogen) atoms. The molecule has 2 amide bonds. The van der Waals surface area contributed by atoms with Gasteiger partial charge < -0.3 is 19.7 Å². The predicted molar refractivity (Wildman–Crippen MR) is 123 cm³/mol. The van der Waals surface area contributed by atoms with Crippen molar-refractivity contribution in [3.63, 3.8) is 0 Å². The van der Waals surface area contributed by atoms with Gasteiger partial charge in [-0.05, 0) is 75.6 Å². The molecule has 7 heteroatoms. The monoisotopic (exact) mass is 446 g/mol. The van der Waals surface area contributed by atoms with Crippen LogP contribution in [-0.2, 0) is 16.1 Å². The molecule has 168 valence electrons. The molecule has 0 saturated carbocycles. The van der Waals surface area contributed by atoms with Gasteiger partial charge >= 0.3 is 0 Å². The van der Waals surface area contributed by atoms with Crippen molar-refractivity contribution in [2.75, 3.05) is 13.7 Å². The van der Waals surface area contributed by atoms with Gasteiger partial charge in [-0.25, -0.2) is 0 Å². The lowest BCUT2D eigenvalue weighted by Crippen LogP contribution is -2.50. The molecule has 0 aliphatic heterocycles. The second-order valence-corrected chi connectivity index (χ2v) is 8.25. The molecule has 0 aliphatic rings. The van der Waals surface area contributed by atoms with Gasteiger partial charge in [-0.3, -0.25) is 9.59 Å². The van der Waals surface area contributed by atoms with Crippen LogP contribution in [-0.4, -0.2) is 42.5 Å². The zero-order valence-electron chi connectivity index (χ0n) is 19.0. The highest BCUT2D eigenvalue weighted by Gasteiger charge is 2.27. The first-order chi connectivity index (χ1) is 14.6. The summed E-state index contributed by atoms with van der Waals surface area (Å²) in [6, 6.07) is 10.3. The number of halogens is 1. The third-order valence-corrected chi connectivity index (χ3v) is 5.45. The van der Waals surface area contributed by atoms with E-state index in [9.17, 15) is 9.59 Å². The van der Waals surface area contributed by atoms with Crippen LogP contribution in [0.25, 0.3) is 0 Å². The van der Waals surface area contributed by atoms with E-state index in [-0.39, 0.29) is 31.0 Å². The van der Waals surface area contributed by atoms with E-state index in [0.29, 0.717) is 16.5 Å². The average Bonchev–Trinajstić information content (AvgIpc) is 2.73. The number of hydrogen-bond donors (Lipinski definition) is 1. The van der Waals surface area contributed by atoms with Crippen LogP contribution in [0.3, 0.4) is 0 Å². The lowest BCUT2D eigenvalue weighted by atomic mass is 10.1. The van der Waals surface area contributed by atoms with Gasteiger partial charge in [-0.1, -0.05) is 23.7 Å². The van der Waals surface area contributed by atoms with E-state index in [2.05, 4.69) is 5.32 Å². The van der Waals surface area contributed by atoms with E-state index in [1.807, 2.05) is 52.0 Å². The number of ether oxygens (including phenoxy) is 2. The Morgan fingerprint density at radius 3 is 2.29 bits per heavy atom. The van der Waals surface area contributed by atoms with E-state index in [4.69, 9.17) is 21.1 Å². The maximum atomic E-state index is 13.1. The molecule has 0 aliphatic carbocycles. The first-order valence-corrected chi connectivity index (χ1v) is 10.6. The minimum atomic E-state index is -0.668. The summed E-state index contributed by atoms with van der Waals surface area (Å²) in [6.07, 6.45) is 0. The maximum Gasteiger partial charge on any atom is 0.261 e. The molecule has 0 aromatic heterocycles. The normalized spacial score (nSPS) is 11.7. The summed E-state index contributed by atoms with van der Waals surface area (Å²) < 4.78 is 11.0. The summed E-state index contributed by atoms with van der Waals surface area (Å²) in [5.74, 6) is 0.741. The van der Waals surface area contributed by atoms with Crippen molar-refractivity contribution in [1.82, 2.24) is 10.2 Å². The van der Waals surface area contributed by atoms with Gasteiger partial charge in [-0.2, -0.15) is 0 Å². The number of amides is 2. The lowest BCUT2D eigenvalue weighted by Gasteiger charge is -2.29. The van der Waals surface area contributed by atoms with Crippen LogP contribution in [0.1, 0.15) is 37.5 Å². The van der Waals surface area contributed by atoms with E-state index in [0.717, 1.165) is 16.7 Å². The highest BCUT2D eigenvalue weighted by Crippen LogP contribution is 2.26. The van der Waals surface area contributed by atoms with E-state index >= 15 is 0 Å². The Bertz CT molecular complexity index is 907. The molecule has 2 rings (SSSR count). The van der Waals surface area contributed by atoms with Gasteiger partial charge in [0.25, 0.3) is 5.91 Å². The number of benzene rings is 2. The average molecular weight is 447 g/mol. The topological polar surface area (TPSA) is 67.9 Å². The summed E-state index contributed by atoms with van der Waals surface area (Å²) in [5, 5.41) is 3.55. The molecule has 0 heterocycles. The maximum absolute atomic E-state index is 13.1. The smallest absolute Gasteiger partial charge is 0.261 e. The summed E-state index contributed by atoms with van der Waals surface area (Å²) in [4.78, 5) is 27.3. The molecule has 0 bridgehead atoms. The quantitative estimate of drug-likeness (QED) is 0.624. The number of nitrogens with one attached hydrogen (secondary N) is 1. The van der Waals surface area contributed by atoms with Crippen molar-refractivity contribution in [1.29, 1.82) is 0 Å². The SMILES string of the molecule is COc1cccc(CN(C(=O)COc2cc(C)c(Cl)c(C)c2)[C@@H](C)C(=O)NC(C)C)c1. The number of aryl methyl sites for hydroxylation is 2. The van der Waals surface area contributed by atoms with Crippen molar-refractivity contribution in [3.05, 3.63) is 58.1 Å². The molecular formula is C24H31ClN2O4. The standard InChI is InChI=1S/C24H31ClN2O4/c1-15(2)26-24(29)18(5)27(13-19-8-7-9-20(12-19)30-6)22(28)14-31-21-10-16(3)23(25)17(4)11-21/h7-12,15,18H,13-14H2,1-6H3,(H,26,29)/t18-/m0/s1. The van der Waals surface area contributed by atoms with Crippen molar-refractivity contribution < 1.29 is 19.1 Å². The number of methoxy groups -OCH3 is 1. The van der Waals surface area contributed by atoms with E-state index < -0.39 is 6.04 Å². The van der Waals surface area contributed by atoms with Crippen molar-refractivity contribution in [3.8, 4) is 11.5 Å². The largest absolute Gasteiger partial charge is 0.497 e. The first kappa shape index (κ1) is 24.5. The minimum absolute atomic E-state index is 0.0278. The van der Waals surface area contributed by atoms with Gasteiger partial charge in [0.15, 0.2) is 6.61 Å². The zero-order valence-corrected chi connectivity index (χ0v) is 19.7. The summed E-state index contributed by atoms with van der Waals surface area (Å²) in [5.41, 5.74) is 2.61. The van der Waals surface area contributed by atoms with Gasteiger partial charge in [0.1, 0.15) is 17.5 Å². The Hall–Kier alpha value is -2.73. The molecule has 1 atom stereocenters. The summed E-state index contributed by atoms with van der Waals surface area (Å²) >= 11 is 6.21. The van der Waals surface area contributed by atoms with Crippen LogP contribution >= 0.6 is 11.6 Å². The highest BCUT2D eigenvalue weighted by atomic mass is 35.5. The minimum Gasteiger partial charge on any atom is -0.497 e. The third-order valence-electron chi connectivity index (χ3n) is 4.86. The molecular weight excluding hydrogens is 416 g/mol. The summed E-state index contributed by atoms with van der Waals surface area (Å²) in [6.45, 7) is 9.32. The van der Waals surface area contributed by atoms with Crippen molar-refractivity contribution in [2.45, 2.75) is 53.2 Å². The predicted octanol–water partition coefficient (Wildman–Crippen LogP) is 4.29. The fourth-order valence-corrected chi connectivity index (χ4v) is 3.28. The first-order valence-electron chi connectivity index (χ1n) is 10.2. The number of hydrogen-bond acceptors (Lipinski definition) is 4. The molecule has 0 radical (unpaired) electrons. The van der Waals surface area contributed by atoms with Crippen LogP contribution < -0.4 is 14.8 Å². The Labute approximate surface area is 189 Å². The molecule has 0 saturated heterocycles. The Balaban J connectivity index is 2.21. The van der Waals surface area contributed by atoms with Crippen LogP contribution in [0.2, 0.25) is 5.02 Å². The lowest BCUT2D eigenvalue weighted by molar-refractivity contribution is -0.142. The fourth-order valence-electron chi connectivity index (χ4n) is 3.17. The third kappa shape index (κ3) is 6.89. The van der Waals surface area contributed by atoms with Crippen molar-refractivity contribution in [2.24, 2.45) is 0 Å². The molecule has 2 aromatic carbocycles. The molecule has 6 nitrogen and oxygen atoms in total. The second kappa shape index (κ2) is 11.0. The van der Waals surface area contributed by atoms with Gasteiger partial charge in [0, 0.05) is 17.6 Å². The van der Waals surface area contributed by atoms with Gasteiger partial charge in [-0.15, -0.1) is 0 Å².